The summed E-state index contributed by atoms with van der Waals surface area (Å²) in [5.74, 6) is -2.61. The zero-order valence-corrected chi connectivity index (χ0v) is 20.0. The molecule has 0 radical (unpaired) electrons. The Hall–Kier alpha value is -3.33. The highest BCUT2D eigenvalue weighted by atomic mass is 32.2. The van der Waals surface area contributed by atoms with Gasteiger partial charge < -0.3 is 20.2 Å². The Balaban J connectivity index is 1.28. The molecule has 2 atom stereocenters. The number of nitrogens with zero attached hydrogens (tertiary/aromatic N) is 2. The molecule has 0 spiro atoms. The number of anilines is 2. The summed E-state index contributed by atoms with van der Waals surface area (Å²) in [5, 5.41) is 12.2. The number of carboxylic acids is 1. The van der Waals surface area contributed by atoms with Crippen LogP contribution in [0.1, 0.15) is 12.8 Å². The second-order valence-electron chi connectivity index (χ2n) is 8.62. The summed E-state index contributed by atoms with van der Waals surface area (Å²) in [7, 11) is 0. The molecule has 0 bridgehead atoms. The molecule has 9 heteroatoms. The van der Waals surface area contributed by atoms with Gasteiger partial charge in [0.2, 0.25) is 11.8 Å². The van der Waals surface area contributed by atoms with Crippen LogP contribution in [-0.2, 0) is 14.4 Å². The van der Waals surface area contributed by atoms with Gasteiger partial charge in [-0.3, -0.25) is 14.4 Å². The number of nitrogens with one attached hydrogen (secondary N) is 1. The maximum Gasteiger partial charge on any atom is 0.307 e. The lowest BCUT2D eigenvalue weighted by Crippen LogP contribution is -2.49. The summed E-state index contributed by atoms with van der Waals surface area (Å²) in [4.78, 5) is 41.5. The van der Waals surface area contributed by atoms with Crippen molar-refractivity contribution >= 4 is 40.9 Å². The first-order valence-electron chi connectivity index (χ1n) is 11.6. The van der Waals surface area contributed by atoms with E-state index in [1.807, 2.05) is 17.0 Å². The fourth-order valence-corrected chi connectivity index (χ4v) is 5.27. The average Bonchev–Trinajstić information content (AvgIpc) is 2.88. The van der Waals surface area contributed by atoms with Gasteiger partial charge in [-0.05, 0) is 43.2 Å². The number of carbonyl (C=O) groups is 3. The van der Waals surface area contributed by atoms with E-state index in [-0.39, 0.29) is 23.4 Å². The van der Waals surface area contributed by atoms with Crippen LogP contribution in [0.4, 0.5) is 15.8 Å². The fraction of sp³-hybridized carbons (Fsp3) is 0.346. The quantitative estimate of drug-likeness (QED) is 0.446. The summed E-state index contributed by atoms with van der Waals surface area (Å²) >= 11 is 1.38. The number of para-hydroxylation sites is 1. The van der Waals surface area contributed by atoms with Crippen molar-refractivity contribution in [2.45, 2.75) is 17.7 Å². The molecule has 184 valence electrons. The van der Waals surface area contributed by atoms with Crippen LogP contribution >= 0.6 is 11.8 Å². The van der Waals surface area contributed by atoms with Crippen LogP contribution in [-0.4, -0.2) is 59.7 Å². The lowest BCUT2D eigenvalue weighted by atomic mass is 9.82. The molecule has 2 aromatic carbocycles. The van der Waals surface area contributed by atoms with E-state index in [4.69, 9.17) is 0 Å². The number of amides is 2. The Labute approximate surface area is 208 Å². The SMILES string of the molecule is O=C(O)C1CC=CCC1C(=O)Nc1cccc(SCC(=O)N2CCN(c3ccccc3F)CC2)c1. The van der Waals surface area contributed by atoms with Crippen LogP contribution in [0.25, 0.3) is 0 Å². The highest BCUT2D eigenvalue weighted by molar-refractivity contribution is 8.00. The number of hydrogen-bond acceptors (Lipinski definition) is 5. The largest absolute Gasteiger partial charge is 0.481 e. The van der Waals surface area contributed by atoms with Gasteiger partial charge in [0.1, 0.15) is 5.82 Å². The van der Waals surface area contributed by atoms with Gasteiger partial charge in [0.15, 0.2) is 0 Å². The van der Waals surface area contributed by atoms with Gasteiger partial charge in [0, 0.05) is 36.8 Å². The lowest BCUT2D eigenvalue weighted by Gasteiger charge is -2.36. The van der Waals surface area contributed by atoms with E-state index >= 15 is 0 Å². The summed E-state index contributed by atoms with van der Waals surface area (Å²) in [5.41, 5.74) is 1.14. The molecule has 1 fully saturated rings. The van der Waals surface area contributed by atoms with E-state index in [0.29, 0.717) is 50.4 Å². The third kappa shape index (κ3) is 6.22. The first-order valence-corrected chi connectivity index (χ1v) is 12.6. The molecule has 2 N–H and O–H groups in total. The Morgan fingerprint density at radius 3 is 2.40 bits per heavy atom. The molecule has 1 heterocycles. The smallest absolute Gasteiger partial charge is 0.307 e. The first kappa shape index (κ1) is 24.8. The molecule has 2 aromatic rings. The molecule has 0 saturated carbocycles. The van der Waals surface area contributed by atoms with Crippen molar-refractivity contribution in [1.29, 1.82) is 0 Å². The van der Waals surface area contributed by atoms with E-state index in [9.17, 15) is 23.9 Å². The Morgan fingerprint density at radius 1 is 0.971 bits per heavy atom. The molecule has 1 saturated heterocycles. The second-order valence-corrected chi connectivity index (χ2v) is 9.67. The number of carbonyl (C=O) groups excluding carboxylic acids is 2. The topological polar surface area (TPSA) is 89.9 Å². The van der Waals surface area contributed by atoms with E-state index in [0.717, 1.165) is 4.90 Å². The van der Waals surface area contributed by atoms with Crippen LogP contribution < -0.4 is 10.2 Å². The molecule has 1 aliphatic carbocycles. The number of carboxylic acid groups (broad SMARTS) is 1. The third-order valence-electron chi connectivity index (χ3n) is 6.38. The highest BCUT2D eigenvalue weighted by Gasteiger charge is 2.34. The van der Waals surface area contributed by atoms with Crippen molar-refractivity contribution in [3.63, 3.8) is 0 Å². The van der Waals surface area contributed by atoms with Crippen molar-refractivity contribution in [3.05, 3.63) is 66.5 Å². The molecule has 4 rings (SSSR count). The van der Waals surface area contributed by atoms with Crippen molar-refractivity contribution in [1.82, 2.24) is 4.90 Å². The van der Waals surface area contributed by atoms with Gasteiger partial charge in [0.25, 0.3) is 0 Å². The summed E-state index contributed by atoms with van der Waals surface area (Å²) in [6, 6.07) is 13.9. The maximum absolute atomic E-state index is 14.0. The maximum atomic E-state index is 14.0. The van der Waals surface area contributed by atoms with Crippen LogP contribution in [0.3, 0.4) is 0 Å². The van der Waals surface area contributed by atoms with Crippen LogP contribution in [0.5, 0.6) is 0 Å². The number of rotatable bonds is 7. The molecule has 2 unspecified atom stereocenters. The predicted octanol–water partition coefficient (Wildman–Crippen LogP) is 3.87. The van der Waals surface area contributed by atoms with E-state index in [1.54, 1.807) is 47.4 Å². The molecule has 2 amide bonds. The number of aliphatic carboxylic acids is 1. The Bertz CT molecular complexity index is 1120. The van der Waals surface area contributed by atoms with E-state index in [2.05, 4.69) is 5.32 Å². The number of hydrogen-bond donors (Lipinski definition) is 2. The Morgan fingerprint density at radius 2 is 1.69 bits per heavy atom. The molecular formula is C26H28FN3O4S. The number of halogens is 1. The fourth-order valence-electron chi connectivity index (χ4n) is 4.42. The monoisotopic (exact) mass is 497 g/mol. The highest BCUT2D eigenvalue weighted by Crippen LogP contribution is 2.28. The number of piperazine rings is 1. The van der Waals surface area contributed by atoms with Gasteiger partial charge >= 0.3 is 5.97 Å². The van der Waals surface area contributed by atoms with Crippen LogP contribution in [0.2, 0.25) is 0 Å². The van der Waals surface area contributed by atoms with Gasteiger partial charge in [-0.1, -0.05) is 30.4 Å². The predicted molar refractivity (Wildman–Crippen MR) is 134 cm³/mol. The zero-order valence-electron chi connectivity index (χ0n) is 19.2. The normalized spacial score (nSPS) is 19.9. The van der Waals surface area contributed by atoms with Gasteiger partial charge in [-0.15, -0.1) is 11.8 Å². The Kier molecular flexibility index (Phi) is 8.07. The first-order chi connectivity index (χ1) is 16.9. The van der Waals surface area contributed by atoms with Gasteiger partial charge in [-0.25, -0.2) is 4.39 Å². The van der Waals surface area contributed by atoms with Crippen molar-refractivity contribution in [3.8, 4) is 0 Å². The molecule has 1 aliphatic heterocycles. The minimum Gasteiger partial charge on any atom is -0.481 e. The summed E-state index contributed by atoms with van der Waals surface area (Å²) in [6.45, 7) is 2.22. The molecular weight excluding hydrogens is 469 g/mol. The molecule has 35 heavy (non-hydrogen) atoms. The van der Waals surface area contributed by atoms with Crippen molar-refractivity contribution in [2.75, 3.05) is 42.1 Å². The third-order valence-corrected chi connectivity index (χ3v) is 7.35. The summed E-state index contributed by atoms with van der Waals surface area (Å²) in [6.07, 6.45) is 4.39. The van der Waals surface area contributed by atoms with E-state index in [1.165, 1.54) is 17.8 Å². The summed E-state index contributed by atoms with van der Waals surface area (Å²) < 4.78 is 14.0. The van der Waals surface area contributed by atoms with Crippen molar-refractivity contribution < 1.29 is 23.9 Å². The van der Waals surface area contributed by atoms with Gasteiger partial charge in [-0.2, -0.15) is 0 Å². The number of benzene rings is 2. The zero-order chi connectivity index (χ0) is 24.8. The minimum atomic E-state index is -0.966. The number of thioether (sulfide) groups is 1. The lowest BCUT2D eigenvalue weighted by molar-refractivity contribution is -0.146. The molecule has 7 nitrogen and oxygen atoms in total. The molecule has 2 aliphatic rings. The van der Waals surface area contributed by atoms with E-state index < -0.39 is 17.8 Å². The number of allylic oxidation sites excluding steroid dienone is 2. The van der Waals surface area contributed by atoms with Crippen LogP contribution in [0.15, 0.2) is 65.6 Å². The van der Waals surface area contributed by atoms with Crippen LogP contribution in [0, 0.1) is 17.7 Å². The minimum absolute atomic E-state index is 0.0101. The molecule has 0 aromatic heterocycles. The van der Waals surface area contributed by atoms with Gasteiger partial charge in [0.05, 0.1) is 23.3 Å². The average molecular weight is 498 g/mol. The van der Waals surface area contributed by atoms with Crippen molar-refractivity contribution in [2.24, 2.45) is 11.8 Å². The second kappa shape index (κ2) is 11.4. The standard InChI is InChI=1S/C26H28FN3O4S/c27-22-10-3-4-11-23(22)29-12-14-30(15-13-29)24(31)17-35-19-7-5-6-18(16-19)28-25(32)20-8-1-2-9-21(20)26(33)34/h1-7,10-11,16,20-21H,8-9,12-15,17H2,(H,28,32)(H,33,34).